The summed E-state index contributed by atoms with van der Waals surface area (Å²) in [6.07, 6.45) is 3.76. The fourth-order valence-electron chi connectivity index (χ4n) is 5.36. The third kappa shape index (κ3) is 8.28. The van der Waals surface area contributed by atoms with Gasteiger partial charge in [-0.2, -0.15) is 0 Å². The SMILES string of the molecule is Cl.Cl.O=C(CCC1CCN(Cc2ccc(F)cc2)CC1)c1ccc2c(c1)CN(Cc1ccccc1)CCO2. The Labute approximate surface area is 238 Å². The predicted octanol–water partition coefficient (Wildman–Crippen LogP) is 6.94. The predicted molar refractivity (Wildman–Crippen MR) is 155 cm³/mol. The molecule has 0 aliphatic carbocycles. The number of likely N-dealkylation sites (tertiary alicyclic amines) is 1. The van der Waals surface area contributed by atoms with Crippen molar-refractivity contribution >= 4 is 30.6 Å². The van der Waals surface area contributed by atoms with Crippen molar-refractivity contribution in [3.8, 4) is 5.75 Å². The van der Waals surface area contributed by atoms with Crippen molar-refractivity contribution < 1.29 is 13.9 Å². The van der Waals surface area contributed by atoms with Gasteiger partial charge >= 0.3 is 0 Å². The van der Waals surface area contributed by atoms with Gasteiger partial charge in [-0.05, 0) is 79.7 Å². The van der Waals surface area contributed by atoms with Gasteiger partial charge in [0.2, 0.25) is 0 Å². The summed E-state index contributed by atoms with van der Waals surface area (Å²) >= 11 is 0. The van der Waals surface area contributed by atoms with E-state index in [1.54, 1.807) is 0 Å². The molecule has 38 heavy (non-hydrogen) atoms. The van der Waals surface area contributed by atoms with Gasteiger partial charge < -0.3 is 4.74 Å². The van der Waals surface area contributed by atoms with Gasteiger partial charge in [-0.1, -0.05) is 42.5 Å². The fraction of sp³-hybridized carbons (Fsp3) is 0.387. The number of halogens is 3. The van der Waals surface area contributed by atoms with Gasteiger partial charge in [0.15, 0.2) is 5.78 Å². The van der Waals surface area contributed by atoms with Crippen molar-refractivity contribution in [1.82, 2.24) is 9.80 Å². The average molecular weight is 560 g/mol. The second kappa shape index (κ2) is 14.6. The van der Waals surface area contributed by atoms with Crippen molar-refractivity contribution in [1.29, 1.82) is 0 Å². The number of hydrogen-bond donors (Lipinski definition) is 0. The highest BCUT2D eigenvalue weighted by Gasteiger charge is 2.22. The monoisotopic (exact) mass is 558 g/mol. The lowest BCUT2D eigenvalue weighted by Crippen LogP contribution is -2.33. The Morgan fingerprint density at radius 3 is 2.26 bits per heavy atom. The molecule has 0 spiro atoms. The van der Waals surface area contributed by atoms with Crippen LogP contribution in [0.3, 0.4) is 0 Å². The summed E-state index contributed by atoms with van der Waals surface area (Å²) in [4.78, 5) is 17.9. The van der Waals surface area contributed by atoms with E-state index in [2.05, 4.69) is 34.1 Å². The second-order valence-corrected chi connectivity index (χ2v) is 10.2. The smallest absolute Gasteiger partial charge is 0.162 e. The molecule has 0 saturated carbocycles. The van der Waals surface area contributed by atoms with Crippen LogP contribution in [0.25, 0.3) is 0 Å². The lowest BCUT2D eigenvalue weighted by molar-refractivity contribution is 0.0961. The van der Waals surface area contributed by atoms with E-state index in [0.717, 1.165) is 81.0 Å². The van der Waals surface area contributed by atoms with Gasteiger partial charge in [0, 0.05) is 43.7 Å². The van der Waals surface area contributed by atoms with E-state index in [-0.39, 0.29) is 36.4 Å². The first-order valence-corrected chi connectivity index (χ1v) is 13.1. The summed E-state index contributed by atoms with van der Waals surface area (Å²) < 4.78 is 19.1. The minimum Gasteiger partial charge on any atom is -0.492 e. The lowest BCUT2D eigenvalue weighted by atomic mass is 9.90. The Morgan fingerprint density at radius 1 is 0.842 bits per heavy atom. The van der Waals surface area contributed by atoms with Gasteiger partial charge in [0.05, 0.1) is 0 Å². The largest absolute Gasteiger partial charge is 0.492 e. The molecule has 1 saturated heterocycles. The van der Waals surface area contributed by atoms with Crippen LogP contribution in [0.1, 0.15) is 52.7 Å². The molecule has 2 aliphatic heterocycles. The minimum atomic E-state index is -0.186. The molecular formula is C31H37Cl2FN2O2. The van der Waals surface area contributed by atoms with Gasteiger partial charge in [0.1, 0.15) is 18.2 Å². The highest BCUT2D eigenvalue weighted by molar-refractivity contribution is 5.96. The number of ketones is 1. The van der Waals surface area contributed by atoms with Gasteiger partial charge in [0.25, 0.3) is 0 Å². The number of fused-ring (bicyclic) bond motifs is 1. The Bertz CT molecular complexity index is 1150. The normalized spacial score (nSPS) is 16.3. The maximum atomic E-state index is 13.1. The quantitative estimate of drug-likeness (QED) is 0.280. The lowest BCUT2D eigenvalue weighted by Gasteiger charge is -2.32. The van der Waals surface area contributed by atoms with Crippen LogP contribution < -0.4 is 4.74 Å². The molecule has 0 N–H and O–H groups in total. The van der Waals surface area contributed by atoms with Gasteiger partial charge in [-0.3, -0.25) is 14.6 Å². The fourth-order valence-corrected chi connectivity index (χ4v) is 5.36. The Kier molecular flexibility index (Phi) is 11.6. The maximum Gasteiger partial charge on any atom is 0.162 e. The molecule has 204 valence electrons. The number of nitrogens with zero attached hydrogens (tertiary/aromatic N) is 2. The average Bonchev–Trinajstić information content (AvgIpc) is 3.11. The molecule has 0 bridgehead atoms. The molecule has 1 fully saturated rings. The van der Waals surface area contributed by atoms with Crippen LogP contribution >= 0.6 is 24.8 Å². The summed E-state index contributed by atoms with van der Waals surface area (Å²) in [6, 6.07) is 23.2. The Balaban J connectivity index is 0.00000200. The molecule has 7 heteroatoms. The van der Waals surface area contributed by atoms with E-state index in [9.17, 15) is 9.18 Å². The molecule has 0 atom stereocenters. The number of carbonyl (C=O) groups is 1. The molecular weight excluding hydrogens is 522 g/mol. The number of ether oxygens (including phenoxy) is 1. The number of rotatable bonds is 8. The molecule has 0 amide bonds. The maximum absolute atomic E-state index is 13.1. The first kappa shape index (κ1) is 30.1. The molecule has 0 unspecified atom stereocenters. The summed E-state index contributed by atoms with van der Waals surface area (Å²) in [5.74, 6) is 1.53. The van der Waals surface area contributed by atoms with Crippen LogP contribution in [0.5, 0.6) is 5.75 Å². The summed E-state index contributed by atoms with van der Waals surface area (Å²) in [5, 5.41) is 0. The van der Waals surface area contributed by atoms with Gasteiger partial charge in [-0.15, -0.1) is 24.8 Å². The minimum absolute atomic E-state index is 0. The number of Topliss-reactive ketones (excluding diaryl/α,β-unsaturated/α-hetero) is 1. The molecule has 0 radical (unpaired) electrons. The molecule has 4 nitrogen and oxygen atoms in total. The van der Waals surface area contributed by atoms with Crippen molar-refractivity contribution in [2.45, 2.75) is 45.3 Å². The molecule has 2 aliphatic rings. The van der Waals surface area contributed by atoms with Crippen molar-refractivity contribution in [2.24, 2.45) is 5.92 Å². The Morgan fingerprint density at radius 2 is 1.53 bits per heavy atom. The number of benzene rings is 3. The van der Waals surface area contributed by atoms with Crippen LogP contribution in [-0.2, 0) is 19.6 Å². The van der Waals surface area contributed by atoms with Crippen LogP contribution in [0, 0.1) is 11.7 Å². The van der Waals surface area contributed by atoms with E-state index < -0.39 is 0 Å². The zero-order valence-corrected chi connectivity index (χ0v) is 23.3. The first-order chi connectivity index (χ1) is 17.6. The number of carbonyl (C=O) groups excluding carboxylic acids is 1. The summed E-state index contributed by atoms with van der Waals surface area (Å²) in [6.45, 7) is 6.12. The second-order valence-electron chi connectivity index (χ2n) is 10.2. The van der Waals surface area contributed by atoms with Crippen molar-refractivity contribution in [2.75, 3.05) is 26.2 Å². The van der Waals surface area contributed by atoms with Crippen LogP contribution in [0.4, 0.5) is 4.39 Å². The zero-order valence-electron chi connectivity index (χ0n) is 21.7. The highest BCUT2D eigenvalue weighted by atomic mass is 35.5. The van der Waals surface area contributed by atoms with Crippen molar-refractivity contribution in [3.05, 3.63) is 101 Å². The Hall–Kier alpha value is -2.44. The third-order valence-electron chi connectivity index (χ3n) is 7.50. The molecule has 2 heterocycles. The molecule has 3 aromatic carbocycles. The van der Waals surface area contributed by atoms with E-state index in [0.29, 0.717) is 18.9 Å². The molecule has 0 aromatic heterocycles. The standard InChI is InChI=1S/C31H35FN2O2.2ClH/c32-29-10-6-26(7-11-29)21-33-16-14-24(15-17-33)8-12-30(35)27-9-13-31-28(20-27)23-34(18-19-36-31)22-25-4-2-1-3-5-25;;/h1-7,9-11,13,20,24H,8,12,14-19,21-23H2;2*1H. The zero-order chi connectivity index (χ0) is 24.7. The van der Waals surface area contributed by atoms with Gasteiger partial charge in [-0.25, -0.2) is 4.39 Å². The van der Waals surface area contributed by atoms with E-state index in [1.165, 1.54) is 17.7 Å². The third-order valence-corrected chi connectivity index (χ3v) is 7.50. The molecule has 3 aromatic rings. The van der Waals surface area contributed by atoms with Crippen LogP contribution in [0.2, 0.25) is 0 Å². The topological polar surface area (TPSA) is 32.8 Å². The molecule has 5 rings (SSSR count). The first-order valence-electron chi connectivity index (χ1n) is 13.1. The highest BCUT2D eigenvalue weighted by Crippen LogP contribution is 2.28. The summed E-state index contributed by atoms with van der Waals surface area (Å²) in [5.41, 5.74) is 4.34. The van der Waals surface area contributed by atoms with Crippen LogP contribution in [0.15, 0.2) is 72.8 Å². The van der Waals surface area contributed by atoms with Crippen molar-refractivity contribution in [3.63, 3.8) is 0 Å². The van der Waals surface area contributed by atoms with E-state index in [4.69, 9.17) is 4.74 Å². The number of piperidine rings is 1. The summed E-state index contributed by atoms with van der Waals surface area (Å²) in [7, 11) is 0. The van der Waals surface area contributed by atoms with Crippen LogP contribution in [-0.4, -0.2) is 41.8 Å². The number of hydrogen-bond acceptors (Lipinski definition) is 4. The van der Waals surface area contributed by atoms with E-state index >= 15 is 0 Å². The van der Waals surface area contributed by atoms with E-state index in [1.807, 2.05) is 36.4 Å².